The van der Waals surface area contributed by atoms with Crippen LogP contribution in [0, 0.1) is 5.92 Å². The maximum Gasteiger partial charge on any atom is 0.261 e. The fourth-order valence-electron chi connectivity index (χ4n) is 3.67. The Morgan fingerprint density at radius 1 is 1.15 bits per heavy atom. The summed E-state index contributed by atoms with van der Waals surface area (Å²) in [5.41, 5.74) is 3.49. The molecule has 142 valence electrons. The zero-order valence-corrected chi connectivity index (χ0v) is 16.3. The fourth-order valence-corrected chi connectivity index (χ4v) is 4.78. The molecule has 0 unspecified atom stereocenters. The van der Waals surface area contributed by atoms with Crippen LogP contribution in [0.3, 0.4) is 0 Å². The molecule has 2 aromatic carbocycles. The highest BCUT2D eigenvalue weighted by Gasteiger charge is 2.33. The molecule has 2 aliphatic rings. The Bertz CT molecular complexity index is 963. The molecule has 1 saturated carbocycles. The van der Waals surface area contributed by atoms with E-state index in [0.29, 0.717) is 18.7 Å². The third-order valence-electron chi connectivity index (χ3n) is 5.59. The van der Waals surface area contributed by atoms with Crippen LogP contribution in [0.2, 0.25) is 0 Å². The van der Waals surface area contributed by atoms with Crippen LogP contribution >= 0.6 is 0 Å². The summed E-state index contributed by atoms with van der Waals surface area (Å²) < 4.78 is 28.1. The molecule has 0 atom stereocenters. The van der Waals surface area contributed by atoms with Gasteiger partial charge in [-0.15, -0.1) is 0 Å². The van der Waals surface area contributed by atoms with Crippen molar-refractivity contribution in [2.24, 2.45) is 5.92 Å². The van der Waals surface area contributed by atoms with Crippen LogP contribution in [-0.2, 0) is 27.7 Å². The van der Waals surface area contributed by atoms with Gasteiger partial charge in [0.15, 0.2) is 0 Å². The van der Waals surface area contributed by atoms with Gasteiger partial charge in [0, 0.05) is 23.8 Å². The van der Waals surface area contributed by atoms with E-state index in [4.69, 9.17) is 0 Å². The van der Waals surface area contributed by atoms with Gasteiger partial charge in [-0.1, -0.05) is 25.5 Å². The number of hydrogen-bond acceptors (Lipinski definition) is 3. The lowest BCUT2D eigenvalue weighted by atomic mass is 9.84. The maximum absolute atomic E-state index is 12.7. The summed E-state index contributed by atoms with van der Waals surface area (Å²) in [6, 6.07) is 12.5. The molecule has 1 fully saturated rings. The van der Waals surface area contributed by atoms with Gasteiger partial charge >= 0.3 is 0 Å². The van der Waals surface area contributed by atoms with Crippen LogP contribution in [0.25, 0.3) is 0 Å². The van der Waals surface area contributed by atoms with Gasteiger partial charge < -0.3 is 4.90 Å². The van der Waals surface area contributed by atoms with Gasteiger partial charge in [-0.25, -0.2) is 8.42 Å². The molecule has 1 heterocycles. The maximum atomic E-state index is 12.7. The van der Waals surface area contributed by atoms with E-state index in [1.807, 2.05) is 17.0 Å². The second-order valence-electron chi connectivity index (χ2n) is 7.31. The number of nitrogens with one attached hydrogen (secondary N) is 1. The summed E-state index contributed by atoms with van der Waals surface area (Å²) in [7, 11) is -3.66. The van der Waals surface area contributed by atoms with Crippen molar-refractivity contribution in [3.8, 4) is 0 Å². The zero-order valence-electron chi connectivity index (χ0n) is 15.4. The number of rotatable bonds is 5. The third kappa shape index (κ3) is 3.46. The molecule has 1 N–H and O–H groups in total. The topological polar surface area (TPSA) is 66.5 Å². The largest absolute Gasteiger partial charge is 0.312 e. The first-order chi connectivity index (χ1) is 13.0. The summed E-state index contributed by atoms with van der Waals surface area (Å²) in [6.45, 7) is 2.70. The van der Waals surface area contributed by atoms with Gasteiger partial charge in [0.2, 0.25) is 5.91 Å². The van der Waals surface area contributed by atoms with Crippen molar-refractivity contribution >= 4 is 27.3 Å². The lowest BCUT2D eigenvalue weighted by Crippen LogP contribution is -2.37. The van der Waals surface area contributed by atoms with Gasteiger partial charge in [-0.2, -0.15) is 0 Å². The van der Waals surface area contributed by atoms with E-state index < -0.39 is 10.0 Å². The van der Waals surface area contributed by atoms with Gasteiger partial charge in [-0.05, 0) is 67.1 Å². The monoisotopic (exact) mass is 384 g/mol. The molecular formula is C21H24N2O3S. The van der Waals surface area contributed by atoms with Crippen LogP contribution in [0.4, 0.5) is 11.4 Å². The Balaban J connectivity index is 1.54. The molecule has 0 aromatic heterocycles. The Morgan fingerprint density at radius 3 is 2.52 bits per heavy atom. The van der Waals surface area contributed by atoms with Gasteiger partial charge in [0.1, 0.15) is 0 Å². The number of anilines is 2. The minimum absolute atomic E-state index is 0.145. The molecule has 0 saturated heterocycles. The molecule has 1 amide bonds. The quantitative estimate of drug-likeness (QED) is 0.854. The average Bonchev–Trinajstić information content (AvgIpc) is 3.04. The molecule has 27 heavy (non-hydrogen) atoms. The second-order valence-corrected chi connectivity index (χ2v) is 9.00. The Kier molecular flexibility index (Phi) is 4.68. The first-order valence-corrected chi connectivity index (χ1v) is 11.0. The van der Waals surface area contributed by atoms with E-state index in [2.05, 4.69) is 11.6 Å². The number of benzene rings is 2. The molecule has 1 aliphatic carbocycles. The highest BCUT2D eigenvalue weighted by Crippen LogP contribution is 2.35. The zero-order chi connectivity index (χ0) is 19.0. The number of fused-ring (bicyclic) bond motifs is 1. The van der Waals surface area contributed by atoms with Gasteiger partial charge in [-0.3, -0.25) is 9.52 Å². The number of carbonyl (C=O) groups is 1. The summed E-state index contributed by atoms with van der Waals surface area (Å²) in [5.74, 6) is 0.330. The SMILES string of the molecule is CCc1ccc(NS(=O)(=O)c2ccc3c(c2)CCN3C(=O)C2CCC2)cc1. The Morgan fingerprint density at radius 2 is 1.89 bits per heavy atom. The molecule has 5 nitrogen and oxygen atoms in total. The van der Waals surface area contributed by atoms with E-state index >= 15 is 0 Å². The number of sulfonamides is 1. The van der Waals surface area contributed by atoms with Gasteiger partial charge in [0.05, 0.1) is 4.90 Å². The van der Waals surface area contributed by atoms with Crippen molar-refractivity contribution in [3.05, 3.63) is 53.6 Å². The predicted octanol–water partition coefficient (Wildman–Crippen LogP) is 3.74. The number of nitrogens with zero attached hydrogens (tertiary/aromatic N) is 1. The minimum atomic E-state index is -3.66. The van der Waals surface area contributed by atoms with Crippen molar-refractivity contribution in [1.82, 2.24) is 0 Å². The normalized spacial score (nSPS) is 16.7. The van der Waals surface area contributed by atoms with E-state index in [1.165, 1.54) is 0 Å². The summed E-state index contributed by atoms with van der Waals surface area (Å²) in [4.78, 5) is 14.6. The van der Waals surface area contributed by atoms with Crippen molar-refractivity contribution in [3.63, 3.8) is 0 Å². The van der Waals surface area contributed by atoms with Crippen LogP contribution < -0.4 is 9.62 Å². The molecule has 4 rings (SSSR count). The summed E-state index contributed by atoms with van der Waals surface area (Å²) in [6.07, 6.45) is 4.67. The highest BCUT2D eigenvalue weighted by atomic mass is 32.2. The van der Waals surface area contributed by atoms with Gasteiger partial charge in [0.25, 0.3) is 10.0 Å². The molecule has 1 aliphatic heterocycles. The summed E-state index contributed by atoms with van der Waals surface area (Å²) >= 11 is 0. The van der Waals surface area contributed by atoms with Crippen LogP contribution in [0.5, 0.6) is 0 Å². The lowest BCUT2D eigenvalue weighted by Gasteiger charge is -2.29. The first-order valence-electron chi connectivity index (χ1n) is 9.54. The minimum Gasteiger partial charge on any atom is -0.312 e. The number of aryl methyl sites for hydroxylation is 1. The number of hydrogen-bond donors (Lipinski definition) is 1. The number of carbonyl (C=O) groups excluding carboxylic acids is 1. The van der Waals surface area contributed by atoms with Crippen molar-refractivity contribution in [2.45, 2.75) is 43.9 Å². The molecule has 6 heteroatoms. The third-order valence-corrected chi connectivity index (χ3v) is 6.97. The average molecular weight is 385 g/mol. The molecule has 2 aromatic rings. The lowest BCUT2D eigenvalue weighted by molar-refractivity contribution is -0.124. The second kappa shape index (κ2) is 7.00. The smallest absolute Gasteiger partial charge is 0.261 e. The van der Waals surface area contributed by atoms with Crippen LogP contribution in [0.1, 0.15) is 37.3 Å². The molecule has 0 bridgehead atoms. The summed E-state index contributed by atoms with van der Waals surface area (Å²) in [5, 5.41) is 0. The molecular weight excluding hydrogens is 360 g/mol. The van der Waals surface area contributed by atoms with Crippen LogP contribution in [0.15, 0.2) is 47.4 Å². The standard InChI is InChI=1S/C21H24N2O3S/c1-2-15-6-8-18(9-7-15)22-27(25,26)19-10-11-20-17(14-19)12-13-23(20)21(24)16-4-3-5-16/h6-11,14,16,22H,2-5,12-13H2,1H3. The van der Waals surface area contributed by atoms with Crippen molar-refractivity contribution in [1.29, 1.82) is 0 Å². The highest BCUT2D eigenvalue weighted by molar-refractivity contribution is 7.92. The van der Waals surface area contributed by atoms with Crippen molar-refractivity contribution in [2.75, 3.05) is 16.2 Å². The molecule has 0 spiro atoms. The number of amides is 1. The fraction of sp³-hybridized carbons (Fsp3) is 0.381. The van der Waals surface area contributed by atoms with Crippen molar-refractivity contribution < 1.29 is 13.2 Å². The van der Waals surface area contributed by atoms with Crippen LogP contribution in [-0.4, -0.2) is 20.9 Å². The van der Waals surface area contributed by atoms with E-state index in [9.17, 15) is 13.2 Å². The predicted molar refractivity (Wildman–Crippen MR) is 106 cm³/mol. The first kappa shape index (κ1) is 18.0. The Labute approximate surface area is 160 Å². The van der Waals surface area contributed by atoms with E-state index in [1.54, 1.807) is 30.3 Å². The van der Waals surface area contributed by atoms with E-state index in [-0.39, 0.29) is 16.7 Å². The molecule has 0 radical (unpaired) electrons. The van der Waals surface area contributed by atoms with E-state index in [0.717, 1.165) is 42.5 Å². The Hall–Kier alpha value is -2.34.